The highest BCUT2D eigenvalue weighted by Gasteiger charge is 2.18. The number of aliphatic imine (C=N–C) groups is 1. The summed E-state index contributed by atoms with van der Waals surface area (Å²) in [6.45, 7) is 6.69. The summed E-state index contributed by atoms with van der Waals surface area (Å²) in [5.41, 5.74) is 9.07. The Balaban J connectivity index is 1.95. The van der Waals surface area contributed by atoms with Crippen molar-refractivity contribution in [2.24, 2.45) is 4.99 Å². The van der Waals surface area contributed by atoms with Crippen LogP contribution in [0.2, 0.25) is 0 Å². The summed E-state index contributed by atoms with van der Waals surface area (Å²) in [5.74, 6) is 0.852. The number of rotatable bonds is 5. The highest BCUT2D eigenvalue weighted by Crippen LogP contribution is 2.34. The third-order valence-electron chi connectivity index (χ3n) is 5.04. The molecule has 0 aliphatic heterocycles. The zero-order chi connectivity index (χ0) is 17.8. The summed E-state index contributed by atoms with van der Waals surface area (Å²) >= 11 is 0. The first-order valence-electron chi connectivity index (χ1n) is 8.71. The molecular formula is C23H25NO. The van der Waals surface area contributed by atoms with Crippen LogP contribution in [0.25, 0.3) is 0 Å². The van der Waals surface area contributed by atoms with Crippen LogP contribution in [-0.4, -0.2) is 12.8 Å². The first kappa shape index (κ1) is 17.2. The van der Waals surface area contributed by atoms with Gasteiger partial charge in [0.05, 0.1) is 18.5 Å². The third kappa shape index (κ3) is 3.90. The van der Waals surface area contributed by atoms with E-state index in [0.29, 0.717) is 0 Å². The van der Waals surface area contributed by atoms with Crippen LogP contribution in [0.5, 0.6) is 5.75 Å². The number of benzene rings is 2. The topological polar surface area (TPSA) is 21.6 Å². The molecule has 25 heavy (non-hydrogen) atoms. The Morgan fingerprint density at radius 3 is 2.16 bits per heavy atom. The molecule has 0 saturated heterocycles. The fraction of sp³-hybridized carbons (Fsp3) is 0.261. The molecule has 0 radical (unpaired) electrons. The molecule has 3 rings (SSSR count). The average molecular weight is 331 g/mol. The number of hydrogen-bond acceptors (Lipinski definition) is 2. The molecule has 2 aromatic carbocycles. The lowest BCUT2D eigenvalue weighted by Crippen LogP contribution is -2.03. The number of ether oxygens (including phenoxy) is 1. The molecule has 0 atom stereocenters. The maximum absolute atomic E-state index is 5.24. The van der Waals surface area contributed by atoms with Crippen molar-refractivity contribution in [2.75, 3.05) is 7.11 Å². The summed E-state index contributed by atoms with van der Waals surface area (Å²) in [6.07, 6.45) is 1.95. The summed E-state index contributed by atoms with van der Waals surface area (Å²) in [6, 6.07) is 18.4. The first-order chi connectivity index (χ1) is 12.1. The van der Waals surface area contributed by atoms with Gasteiger partial charge in [0.1, 0.15) is 5.75 Å². The molecule has 0 bridgehead atoms. The molecule has 0 amide bonds. The highest BCUT2D eigenvalue weighted by atomic mass is 16.5. The predicted molar refractivity (Wildman–Crippen MR) is 106 cm³/mol. The second kappa shape index (κ2) is 7.52. The van der Waals surface area contributed by atoms with Gasteiger partial charge in [0.25, 0.3) is 0 Å². The van der Waals surface area contributed by atoms with Crippen molar-refractivity contribution >= 4 is 11.4 Å². The monoisotopic (exact) mass is 331 g/mol. The van der Waals surface area contributed by atoms with Crippen LogP contribution in [0.1, 0.15) is 39.2 Å². The molecule has 1 aliphatic carbocycles. The SMILES string of the molecule is COc1ccc(N=C(CC2=C(C)C(C)=C(C)C2)c2ccccc2)cc1. The van der Waals surface area contributed by atoms with Gasteiger partial charge in [-0.25, -0.2) is 0 Å². The minimum atomic E-state index is 0.852. The zero-order valence-corrected chi connectivity index (χ0v) is 15.5. The van der Waals surface area contributed by atoms with Gasteiger partial charge in [0.2, 0.25) is 0 Å². The molecule has 2 nitrogen and oxygen atoms in total. The van der Waals surface area contributed by atoms with Crippen LogP contribution >= 0.6 is 0 Å². The zero-order valence-electron chi connectivity index (χ0n) is 15.5. The Morgan fingerprint density at radius 1 is 0.920 bits per heavy atom. The predicted octanol–water partition coefficient (Wildman–Crippen LogP) is 6.26. The maximum atomic E-state index is 5.24. The van der Waals surface area contributed by atoms with E-state index in [9.17, 15) is 0 Å². The molecule has 0 heterocycles. The average Bonchev–Trinajstić information content (AvgIpc) is 2.89. The normalized spacial score (nSPS) is 15.1. The molecule has 1 aliphatic rings. The van der Waals surface area contributed by atoms with E-state index in [4.69, 9.17) is 9.73 Å². The van der Waals surface area contributed by atoms with Gasteiger partial charge in [0, 0.05) is 6.42 Å². The van der Waals surface area contributed by atoms with Gasteiger partial charge in [-0.3, -0.25) is 4.99 Å². The van der Waals surface area contributed by atoms with Gasteiger partial charge in [-0.2, -0.15) is 0 Å². The Kier molecular flexibility index (Phi) is 5.18. The number of allylic oxidation sites excluding steroid dienone is 4. The van der Waals surface area contributed by atoms with E-state index < -0.39 is 0 Å². The Morgan fingerprint density at radius 2 is 1.60 bits per heavy atom. The summed E-state index contributed by atoms with van der Waals surface area (Å²) in [4.78, 5) is 4.96. The summed E-state index contributed by atoms with van der Waals surface area (Å²) in [5, 5.41) is 0. The molecule has 0 N–H and O–H groups in total. The molecule has 128 valence electrons. The van der Waals surface area contributed by atoms with Gasteiger partial charge in [-0.15, -0.1) is 0 Å². The van der Waals surface area contributed by atoms with Crippen molar-refractivity contribution in [1.82, 2.24) is 0 Å². The second-order valence-corrected chi connectivity index (χ2v) is 6.61. The van der Waals surface area contributed by atoms with Gasteiger partial charge >= 0.3 is 0 Å². The third-order valence-corrected chi connectivity index (χ3v) is 5.04. The van der Waals surface area contributed by atoms with Crippen LogP contribution < -0.4 is 4.74 Å². The maximum Gasteiger partial charge on any atom is 0.119 e. The van der Waals surface area contributed by atoms with Crippen molar-refractivity contribution in [3.8, 4) is 5.75 Å². The lowest BCUT2D eigenvalue weighted by molar-refractivity contribution is 0.415. The smallest absolute Gasteiger partial charge is 0.119 e. The van der Waals surface area contributed by atoms with E-state index in [1.807, 2.05) is 30.3 Å². The van der Waals surface area contributed by atoms with E-state index in [1.165, 1.54) is 27.9 Å². The van der Waals surface area contributed by atoms with Crippen LogP contribution in [0.3, 0.4) is 0 Å². The molecule has 0 aromatic heterocycles. The molecule has 0 spiro atoms. The molecule has 2 aromatic rings. The molecule has 0 unspecified atom stereocenters. The summed E-state index contributed by atoms with van der Waals surface area (Å²) in [7, 11) is 1.68. The molecule has 2 heteroatoms. The first-order valence-corrected chi connectivity index (χ1v) is 8.71. The number of hydrogen-bond donors (Lipinski definition) is 0. The number of nitrogens with zero attached hydrogens (tertiary/aromatic N) is 1. The van der Waals surface area contributed by atoms with E-state index >= 15 is 0 Å². The highest BCUT2D eigenvalue weighted by molar-refractivity contribution is 6.03. The Hall–Kier alpha value is -2.61. The quantitative estimate of drug-likeness (QED) is 0.592. The molecule has 0 fully saturated rings. The van der Waals surface area contributed by atoms with Crippen LogP contribution in [0, 0.1) is 0 Å². The van der Waals surface area contributed by atoms with Crippen molar-refractivity contribution in [3.05, 3.63) is 82.5 Å². The largest absolute Gasteiger partial charge is 0.497 e. The lowest BCUT2D eigenvalue weighted by atomic mass is 9.98. The Bertz CT molecular complexity index is 839. The van der Waals surface area contributed by atoms with Gasteiger partial charge < -0.3 is 4.74 Å². The fourth-order valence-electron chi connectivity index (χ4n) is 3.22. The van der Waals surface area contributed by atoms with Crippen molar-refractivity contribution < 1.29 is 4.74 Å². The van der Waals surface area contributed by atoms with E-state index in [-0.39, 0.29) is 0 Å². The van der Waals surface area contributed by atoms with Gasteiger partial charge in [-0.05, 0) is 68.2 Å². The van der Waals surface area contributed by atoms with Crippen LogP contribution in [0.4, 0.5) is 5.69 Å². The van der Waals surface area contributed by atoms with Crippen LogP contribution in [-0.2, 0) is 0 Å². The van der Waals surface area contributed by atoms with Crippen LogP contribution in [0.15, 0.2) is 81.9 Å². The standard InChI is InChI=1S/C23H25NO/c1-16-14-20(18(3)17(16)2)15-23(19-8-6-5-7-9-19)24-21-10-12-22(25-4)13-11-21/h5-13H,14-15H2,1-4H3. The lowest BCUT2D eigenvalue weighted by Gasteiger charge is -2.10. The number of methoxy groups -OCH3 is 1. The molecule has 0 saturated carbocycles. The fourth-order valence-corrected chi connectivity index (χ4v) is 3.22. The van der Waals surface area contributed by atoms with E-state index in [0.717, 1.165) is 30.0 Å². The van der Waals surface area contributed by atoms with Crippen molar-refractivity contribution in [1.29, 1.82) is 0 Å². The second-order valence-electron chi connectivity index (χ2n) is 6.61. The van der Waals surface area contributed by atoms with Crippen molar-refractivity contribution in [2.45, 2.75) is 33.6 Å². The van der Waals surface area contributed by atoms with E-state index in [2.05, 4.69) is 45.0 Å². The molecular weight excluding hydrogens is 306 g/mol. The summed E-state index contributed by atoms with van der Waals surface area (Å²) < 4.78 is 5.24. The van der Waals surface area contributed by atoms with E-state index in [1.54, 1.807) is 7.11 Å². The van der Waals surface area contributed by atoms with Crippen molar-refractivity contribution in [3.63, 3.8) is 0 Å². The Labute approximate surface area is 150 Å². The minimum Gasteiger partial charge on any atom is -0.497 e. The van der Waals surface area contributed by atoms with Gasteiger partial charge in [-0.1, -0.05) is 41.5 Å². The van der Waals surface area contributed by atoms with Gasteiger partial charge in [0.15, 0.2) is 0 Å². The minimum absolute atomic E-state index is 0.852.